The summed E-state index contributed by atoms with van der Waals surface area (Å²) in [5, 5.41) is 23.5. The molecule has 7 unspecified atom stereocenters. The number of carboxylic acid groups (broad SMARTS) is 1. The maximum atomic E-state index is 14.0. The third kappa shape index (κ3) is 13.2. The molecule has 7 atom stereocenters. The van der Waals surface area contributed by atoms with Gasteiger partial charge in [0.15, 0.2) is 0 Å². The summed E-state index contributed by atoms with van der Waals surface area (Å²) in [6.45, 7) is 4.83. The van der Waals surface area contributed by atoms with Gasteiger partial charge in [0.25, 0.3) is 0 Å². The van der Waals surface area contributed by atoms with Crippen molar-refractivity contribution in [2.45, 2.75) is 95.5 Å². The van der Waals surface area contributed by atoms with Gasteiger partial charge in [-0.05, 0) is 36.5 Å². The Hall–Kier alpha value is -6.30. The predicted octanol–water partition coefficient (Wildman–Crippen LogP) is -1.00. The second-order valence-corrected chi connectivity index (χ2v) is 13.7. The number of fused-ring (bicyclic) bond motifs is 1. The quantitative estimate of drug-likeness (QED) is 0.0593. The largest absolute Gasteiger partial charge is 0.480 e. The molecule has 0 saturated heterocycles. The average Bonchev–Trinajstić information content (AvgIpc) is 3.56. The Morgan fingerprint density at radius 3 is 1.93 bits per heavy atom. The van der Waals surface area contributed by atoms with E-state index in [1.165, 1.54) is 6.92 Å². The second-order valence-electron chi connectivity index (χ2n) is 13.7. The number of carbonyl (C=O) groups is 8. The number of benzene rings is 2. The molecule has 18 heteroatoms. The molecule has 18 nitrogen and oxygen atoms in total. The minimum Gasteiger partial charge on any atom is -0.480 e. The van der Waals surface area contributed by atoms with Crippen LogP contribution < -0.4 is 43.8 Å². The number of primary amides is 2. The molecule has 0 aliphatic carbocycles. The first-order valence-corrected chi connectivity index (χ1v) is 18.2. The summed E-state index contributed by atoms with van der Waals surface area (Å²) in [4.78, 5) is 105. The molecule has 0 bridgehead atoms. The molecule has 302 valence electrons. The molecule has 0 radical (unpaired) electrons. The Bertz CT molecular complexity index is 1880. The van der Waals surface area contributed by atoms with Gasteiger partial charge in [0, 0.05) is 36.4 Å². The lowest BCUT2D eigenvalue weighted by atomic mass is 9.96. The zero-order chi connectivity index (χ0) is 41.5. The Kier molecular flexibility index (Phi) is 16.5. The van der Waals surface area contributed by atoms with Crippen LogP contribution in [0.2, 0.25) is 0 Å². The highest BCUT2D eigenvalue weighted by Crippen LogP contribution is 2.19. The summed E-state index contributed by atoms with van der Waals surface area (Å²) in [7, 11) is 0. The number of hydrogen-bond donors (Lipinski definition) is 10. The van der Waals surface area contributed by atoms with E-state index in [9.17, 15) is 43.5 Å². The van der Waals surface area contributed by atoms with E-state index in [1.807, 2.05) is 12.1 Å². The van der Waals surface area contributed by atoms with Crippen LogP contribution in [0.25, 0.3) is 10.9 Å². The van der Waals surface area contributed by atoms with Crippen LogP contribution in [0.4, 0.5) is 0 Å². The number of aromatic amines is 1. The van der Waals surface area contributed by atoms with Gasteiger partial charge in [-0.25, -0.2) is 4.79 Å². The molecule has 1 heterocycles. The van der Waals surface area contributed by atoms with Crippen LogP contribution in [-0.4, -0.2) is 93.7 Å². The number of carbonyl (C=O) groups excluding carboxylic acids is 7. The molecule has 0 saturated carbocycles. The van der Waals surface area contributed by atoms with Crippen LogP contribution in [0.3, 0.4) is 0 Å². The molecule has 7 amide bonds. The highest BCUT2D eigenvalue weighted by atomic mass is 16.4. The molecule has 0 spiro atoms. The maximum absolute atomic E-state index is 14.0. The van der Waals surface area contributed by atoms with Gasteiger partial charge in [-0.3, -0.25) is 33.6 Å². The summed E-state index contributed by atoms with van der Waals surface area (Å²) >= 11 is 0. The zero-order valence-corrected chi connectivity index (χ0v) is 31.5. The van der Waals surface area contributed by atoms with Gasteiger partial charge in [-0.15, -0.1) is 0 Å². The van der Waals surface area contributed by atoms with Crippen molar-refractivity contribution in [3.8, 4) is 0 Å². The first kappa shape index (κ1) is 44.1. The van der Waals surface area contributed by atoms with E-state index in [0.717, 1.165) is 10.9 Å². The Morgan fingerprint density at radius 1 is 0.696 bits per heavy atom. The van der Waals surface area contributed by atoms with Crippen molar-refractivity contribution in [1.82, 2.24) is 31.6 Å². The number of rotatable bonds is 22. The van der Waals surface area contributed by atoms with E-state index < -0.39 is 95.9 Å². The summed E-state index contributed by atoms with van der Waals surface area (Å²) < 4.78 is 0. The number of carboxylic acids is 1. The number of aromatic nitrogens is 1. The number of para-hydroxylation sites is 1. The number of hydrogen-bond acceptors (Lipinski definition) is 9. The van der Waals surface area contributed by atoms with Crippen molar-refractivity contribution in [3.05, 3.63) is 71.9 Å². The smallest absolute Gasteiger partial charge is 0.326 e. The summed E-state index contributed by atoms with van der Waals surface area (Å²) in [5.41, 5.74) is 18.2. The maximum Gasteiger partial charge on any atom is 0.326 e. The molecule has 1 aromatic heterocycles. The number of amides is 7. The number of H-pyrrole nitrogens is 1. The van der Waals surface area contributed by atoms with E-state index in [0.29, 0.717) is 17.5 Å². The van der Waals surface area contributed by atoms with Gasteiger partial charge >= 0.3 is 5.97 Å². The van der Waals surface area contributed by atoms with E-state index in [-0.39, 0.29) is 25.7 Å². The SMILES string of the molecule is CCC(C)C(NC(=O)C(C)NC(=O)C(N)CC(N)=O)C(=O)NC(Cc1ccccc1)C(=O)NC(CCC(N)=O)C(=O)NC(Cc1c[nH]c2ccccc12)C(=O)O. The molecular weight excluding hydrogens is 726 g/mol. The summed E-state index contributed by atoms with van der Waals surface area (Å²) in [6, 6.07) is 8.00. The Balaban J connectivity index is 1.83. The standard InChI is InChI=1S/C38H51N9O9/c1-4-20(2)32(47-33(50)21(3)43-34(51)25(39)18-31(41)49)37(54)45-28(16-22-10-6-5-7-11-22)36(53)44-27(14-15-30(40)48)35(52)46-29(38(55)56)17-23-19-42-26-13-9-8-12-24(23)26/h5-13,19-21,25,27-29,32,42H,4,14-18,39H2,1-3H3,(H2,40,48)(H2,41,49)(H,43,51)(H,44,53)(H,45,54)(H,46,52)(H,47,50)(H,55,56). The molecule has 0 aliphatic rings. The number of nitrogens with two attached hydrogens (primary N) is 3. The fraction of sp³-hybridized carbons (Fsp3) is 0.421. The first-order valence-electron chi connectivity index (χ1n) is 18.2. The zero-order valence-electron chi connectivity index (χ0n) is 31.5. The normalized spacial score (nSPS) is 14.8. The van der Waals surface area contributed by atoms with Gasteiger partial charge in [-0.1, -0.05) is 68.8 Å². The number of nitrogens with one attached hydrogen (secondary N) is 6. The lowest BCUT2D eigenvalue weighted by Crippen LogP contribution is -2.60. The highest BCUT2D eigenvalue weighted by molar-refractivity contribution is 5.97. The third-order valence-corrected chi connectivity index (χ3v) is 9.24. The summed E-state index contributed by atoms with van der Waals surface area (Å²) in [5.74, 6) is -7.43. The molecule has 56 heavy (non-hydrogen) atoms. The lowest BCUT2D eigenvalue weighted by Gasteiger charge is -2.29. The van der Waals surface area contributed by atoms with Crippen molar-refractivity contribution in [3.63, 3.8) is 0 Å². The van der Waals surface area contributed by atoms with E-state index in [2.05, 4.69) is 31.6 Å². The van der Waals surface area contributed by atoms with E-state index in [4.69, 9.17) is 17.2 Å². The van der Waals surface area contributed by atoms with Gasteiger partial charge in [-0.2, -0.15) is 0 Å². The van der Waals surface area contributed by atoms with Crippen molar-refractivity contribution in [2.24, 2.45) is 23.1 Å². The minimum absolute atomic E-state index is 0.0632. The molecule has 13 N–H and O–H groups in total. The minimum atomic E-state index is -1.44. The first-order chi connectivity index (χ1) is 26.5. The molecule has 3 aromatic rings. The summed E-state index contributed by atoms with van der Waals surface area (Å²) in [6.07, 6.45) is 0.834. The lowest BCUT2D eigenvalue weighted by molar-refractivity contribution is -0.142. The highest BCUT2D eigenvalue weighted by Gasteiger charge is 2.34. The van der Waals surface area contributed by atoms with Gasteiger partial charge < -0.3 is 53.9 Å². The van der Waals surface area contributed by atoms with Gasteiger partial charge in [0.2, 0.25) is 41.4 Å². The monoisotopic (exact) mass is 777 g/mol. The molecule has 0 aliphatic heterocycles. The van der Waals surface area contributed by atoms with Crippen molar-refractivity contribution >= 4 is 58.2 Å². The third-order valence-electron chi connectivity index (χ3n) is 9.24. The van der Waals surface area contributed by atoms with Crippen molar-refractivity contribution in [1.29, 1.82) is 0 Å². The molecular formula is C38H51N9O9. The number of aliphatic carboxylic acids is 1. The Morgan fingerprint density at radius 2 is 1.30 bits per heavy atom. The fourth-order valence-electron chi connectivity index (χ4n) is 5.82. The van der Waals surface area contributed by atoms with Crippen LogP contribution in [0.5, 0.6) is 0 Å². The van der Waals surface area contributed by atoms with Crippen LogP contribution in [0.1, 0.15) is 57.6 Å². The van der Waals surface area contributed by atoms with Gasteiger partial charge in [0.05, 0.1) is 12.5 Å². The predicted molar refractivity (Wildman–Crippen MR) is 205 cm³/mol. The van der Waals surface area contributed by atoms with E-state index in [1.54, 1.807) is 62.5 Å². The second kappa shape index (κ2) is 21.0. The van der Waals surface area contributed by atoms with Crippen LogP contribution in [-0.2, 0) is 51.2 Å². The molecule has 3 rings (SSSR count). The van der Waals surface area contributed by atoms with Gasteiger partial charge in [0.1, 0.15) is 30.2 Å². The van der Waals surface area contributed by atoms with Crippen LogP contribution in [0, 0.1) is 5.92 Å². The molecule has 0 fully saturated rings. The van der Waals surface area contributed by atoms with Crippen LogP contribution >= 0.6 is 0 Å². The van der Waals surface area contributed by atoms with Crippen molar-refractivity contribution < 1.29 is 43.5 Å². The average molecular weight is 778 g/mol. The van der Waals surface area contributed by atoms with E-state index >= 15 is 0 Å². The fourth-order valence-corrected chi connectivity index (χ4v) is 5.82. The topological polar surface area (TPSA) is 311 Å². The molecule has 2 aromatic carbocycles. The Labute approximate surface area is 323 Å². The van der Waals surface area contributed by atoms with Crippen LogP contribution in [0.15, 0.2) is 60.8 Å². The van der Waals surface area contributed by atoms with Crippen molar-refractivity contribution in [2.75, 3.05) is 0 Å².